The highest BCUT2D eigenvalue weighted by Gasteiger charge is 2.47. The van der Waals surface area contributed by atoms with Gasteiger partial charge in [0.25, 0.3) is 0 Å². The molecule has 2 fully saturated rings. The molecule has 1 saturated carbocycles. The van der Waals surface area contributed by atoms with Crippen LogP contribution in [0.4, 0.5) is 0 Å². The molecule has 0 aromatic heterocycles. The van der Waals surface area contributed by atoms with Crippen LogP contribution >= 0.6 is 0 Å². The number of amides is 2. The highest BCUT2D eigenvalue weighted by Crippen LogP contribution is 2.35. The van der Waals surface area contributed by atoms with Crippen molar-refractivity contribution in [2.24, 2.45) is 5.92 Å². The molecule has 0 unspecified atom stereocenters. The standard InChI is InChI=1S/C18H21N3O2/c1-13-9-15(17(23)20-18(12-19)7-8-18)21(11-13)16(22)10-14-5-3-2-4-6-14/h2-6,13,15H,7-11H2,1H3,(H,20,23)/t13-,15-/m0/s1. The molecule has 1 aromatic carbocycles. The van der Waals surface area contributed by atoms with E-state index in [1.807, 2.05) is 37.3 Å². The van der Waals surface area contributed by atoms with Crippen LogP contribution in [-0.4, -0.2) is 34.8 Å². The van der Waals surface area contributed by atoms with Gasteiger partial charge in [-0.05, 0) is 30.7 Å². The van der Waals surface area contributed by atoms with Crippen LogP contribution in [0.3, 0.4) is 0 Å². The summed E-state index contributed by atoms with van der Waals surface area (Å²) in [6.07, 6.45) is 2.37. The van der Waals surface area contributed by atoms with Gasteiger partial charge < -0.3 is 10.2 Å². The van der Waals surface area contributed by atoms with Gasteiger partial charge in [0.05, 0.1) is 12.5 Å². The van der Waals surface area contributed by atoms with Crippen LogP contribution in [-0.2, 0) is 16.0 Å². The Balaban J connectivity index is 1.68. The first-order valence-corrected chi connectivity index (χ1v) is 8.10. The largest absolute Gasteiger partial charge is 0.336 e. The zero-order valence-electron chi connectivity index (χ0n) is 13.3. The van der Waals surface area contributed by atoms with E-state index in [0.717, 1.165) is 5.56 Å². The van der Waals surface area contributed by atoms with Crippen molar-refractivity contribution in [3.63, 3.8) is 0 Å². The third-order valence-corrected chi connectivity index (χ3v) is 4.66. The van der Waals surface area contributed by atoms with Crippen molar-refractivity contribution in [2.45, 2.75) is 44.2 Å². The first-order valence-electron chi connectivity index (χ1n) is 8.10. The Morgan fingerprint density at radius 3 is 2.65 bits per heavy atom. The monoisotopic (exact) mass is 311 g/mol. The number of benzene rings is 1. The first kappa shape index (κ1) is 15.5. The van der Waals surface area contributed by atoms with E-state index in [2.05, 4.69) is 11.4 Å². The Hall–Kier alpha value is -2.35. The summed E-state index contributed by atoms with van der Waals surface area (Å²) in [5, 5.41) is 12.0. The second kappa shape index (κ2) is 6.04. The fourth-order valence-electron chi connectivity index (χ4n) is 3.15. The predicted molar refractivity (Wildman–Crippen MR) is 85.1 cm³/mol. The first-order chi connectivity index (χ1) is 11.0. The molecule has 120 valence electrons. The van der Waals surface area contributed by atoms with Gasteiger partial charge in [0.15, 0.2) is 0 Å². The van der Waals surface area contributed by atoms with E-state index in [1.165, 1.54) is 0 Å². The van der Waals surface area contributed by atoms with E-state index < -0.39 is 11.6 Å². The fourth-order valence-corrected chi connectivity index (χ4v) is 3.15. The molecular weight excluding hydrogens is 290 g/mol. The smallest absolute Gasteiger partial charge is 0.244 e. The minimum absolute atomic E-state index is 0.0255. The summed E-state index contributed by atoms with van der Waals surface area (Å²) < 4.78 is 0. The van der Waals surface area contributed by atoms with E-state index in [-0.39, 0.29) is 11.8 Å². The Morgan fingerprint density at radius 1 is 1.35 bits per heavy atom. The van der Waals surface area contributed by atoms with Crippen LogP contribution in [0.2, 0.25) is 0 Å². The minimum atomic E-state index is -0.683. The minimum Gasteiger partial charge on any atom is -0.336 e. The number of carbonyl (C=O) groups is 2. The molecule has 0 radical (unpaired) electrons. The maximum Gasteiger partial charge on any atom is 0.244 e. The van der Waals surface area contributed by atoms with Crippen molar-refractivity contribution < 1.29 is 9.59 Å². The molecule has 23 heavy (non-hydrogen) atoms. The number of hydrogen-bond acceptors (Lipinski definition) is 3. The molecule has 3 rings (SSSR count). The average Bonchev–Trinajstić information content (AvgIpc) is 3.20. The molecule has 1 saturated heterocycles. The number of carbonyl (C=O) groups excluding carboxylic acids is 2. The summed E-state index contributed by atoms with van der Waals surface area (Å²) in [5.74, 6) is 0.0834. The molecule has 0 bridgehead atoms. The van der Waals surface area contributed by atoms with Crippen LogP contribution in [0.5, 0.6) is 0 Å². The van der Waals surface area contributed by atoms with Crippen molar-refractivity contribution in [2.75, 3.05) is 6.54 Å². The number of nitrogens with zero attached hydrogens (tertiary/aromatic N) is 2. The Kier molecular flexibility index (Phi) is 4.08. The number of nitrogens with one attached hydrogen (secondary N) is 1. The second-order valence-electron chi connectivity index (χ2n) is 6.75. The van der Waals surface area contributed by atoms with E-state index in [9.17, 15) is 9.59 Å². The zero-order chi connectivity index (χ0) is 16.4. The summed E-state index contributed by atoms with van der Waals surface area (Å²) in [6.45, 7) is 2.65. The Labute approximate surface area is 136 Å². The van der Waals surface area contributed by atoms with Crippen LogP contribution in [0.15, 0.2) is 30.3 Å². The zero-order valence-corrected chi connectivity index (χ0v) is 13.3. The highest BCUT2D eigenvalue weighted by molar-refractivity contribution is 5.90. The highest BCUT2D eigenvalue weighted by atomic mass is 16.2. The topological polar surface area (TPSA) is 73.2 Å². The Bertz CT molecular complexity index is 646. The maximum absolute atomic E-state index is 12.6. The molecular formula is C18H21N3O2. The van der Waals surface area contributed by atoms with E-state index in [1.54, 1.807) is 4.90 Å². The molecule has 2 atom stereocenters. The average molecular weight is 311 g/mol. The van der Waals surface area contributed by atoms with Crippen molar-refractivity contribution in [3.8, 4) is 6.07 Å². The lowest BCUT2D eigenvalue weighted by atomic mass is 10.1. The third kappa shape index (κ3) is 3.37. The van der Waals surface area contributed by atoms with E-state index >= 15 is 0 Å². The fraction of sp³-hybridized carbons (Fsp3) is 0.500. The summed E-state index contributed by atoms with van der Waals surface area (Å²) in [7, 11) is 0. The lowest BCUT2D eigenvalue weighted by Gasteiger charge is -2.25. The van der Waals surface area contributed by atoms with Gasteiger partial charge in [0.2, 0.25) is 11.8 Å². The second-order valence-corrected chi connectivity index (χ2v) is 6.75. The van der Waals surface area contributed by atoms with Gasteiger partial charge in [-0.15, -0.1) is 0 Å². The van der Waals surface area contributed by atoms with Crippen LogP contribution < -0.4 is 5.32 Å². The summed E-state index contributed by atoms with van der Waals surface area (Å²) in [4.78, 5) is 26.8. The van der Waals surface area contributed by atoms with Gasteiger partial charge >= 0.3 is 0 Å². The number of hydrogen-bond donors (Lipinski definition) is 1. The molecule has 1 N–H and O–H groups in total. The number of nitriles is 1. The molecule has 0 spiro atoms. The number of rotatable bonds is 4. The summed E-state index contributed by atoms with van der Waals surface area (Å²) >= 11 is 0. The van der Waals surface area contributed by atoms with Crippen LogP contribution in [0, 0.1) is 17.2 Å². The molecule has 1 aliphatic carbocycles. The van der Waals surface area contributed by atoms with Gasteiger partial charge in [0, 0.05) is 6.54 Å². The predicted octanol–water partition coefficient (Wildman–Crippen LogP) is 1.64. The van der Waals surface area contributed by atoms with Gasteiger partial charge in [0.1, 0.15) is 11.6 Å². The molecule has 2 amide bonds. The SMILES string of the molecule is C[C@H]1C[C@@H](C(=O)NC2(C#N)CC2)N(C(=O)Cc2ccccc2)C1. The van der Waals surface area contributed by atoms with Crippen molar-refractivity contribution >= 4 is 11.8 Å². The quantitative estimate of drug-likeness (QED) is 0.918. The van der Waals surface area contributed by atoms with Gasteiger partial charge in [-0.3, -0.25) is 9.59 Å². The molecule has 1 aromatic rings. The van der Waals surface area contributed by atoms with Crippen LogP contribution in [0.25, 0.3) is 0 Å². The lowest BCUT2D eigenvalue weighted by Crippen LogP contribution is -2.49. The molecule has 5 heteroatoms. The van der Waals surface area contributed by atoms with Crippen molar-refractivity contribution in [1.82, 2.24) is 10.2 Å². The van der Waals surface area contributed by atoms with Gasteiger partial charge in [-0.2, -0.15) is 5.26 Å². The third-order valence-electron chi connectivity index (χ3n) is 4.66. The molecule has 1 heterocycles. The van der Waals surface area contributed by atoms with Gasteiger partial charge in [-0.1, -0.05) is 37.3 Å². The maximum atomic E-state index is 12.6. The van der Waals surface area contributed by atoms with E-state index in [4.69, 9.17) is 5.26 Å². The number of likely N-dealkylation sites (tertiary alicyclic amines) is 1. The summed E-state index contributed by atoms with van der Waals surface area (Å²) in [6, 6.07) is 11.3. The van der Waals surface area contributed by atoms with Gasteiger partial charge in [-0.25, -0.2) is 0 Å². The summed E-state index contributed by atoms with van der Waals surface area (Å²) in [5.41, 5.74) is 0.267. The van der Waals surface area contributed by atoms with E-state index in [0.29, 0.717) is 38.1 Å². The van der Waals surface area contributed by atoms with Crippen molar-refractivity contribution in [3.05, 3.63) is 35.9 Å². The normalized spacial score (nSPS) is 24.8. The van der Waals surface area contributed by atoms with Crippen molar-refractivity contribution in [1.29, 1.82) is 5.26 Å². The molecule has 5 nitrogen and oxygen atoms in total. The molecule has 1 aliphatic heterocycles. The Morgan fingerprint density at radius 2 is 2.04 bits per heavy atom. The van der Waals surface area contributed by atoms with Crippen LogP contribution in [0.1, 0.15) is 31.7 Å². The molecule has 2 aliphatic rings. The lowest BCUT2D eigenvalue weighted by molar-refractivity contribution is -0.138.